The minimum Gasteiger partial charge on any atom is -0.313 e. The number of nitrogens with zero attached hydrogens (tertiary/aromatic N) is 4. The minimum absolute atomic E-state index is 0.0809. The number of aromatic nitrogens is 4. The first-order valence-electron chi connectivity index (χ1n) is 7.77. The summed E-state index contributed by atoms with van der Waals surface area (Å²) in [6, 6.07) is 7.56. The zero-order valence-electron chi connectivity index (χ0n) is 12.6. The molecule has 4 rings (SSSR count). The Morgan fingerprint density at radius 2 is 2.13 bits per heavy atom. The molecule has 7 nitrogen and oxygen atoms in total. The summed E-state index contributed by atoms with van der Waals surface area (Å²) in [7, 11) is 0. The zero-order valence-corrected chi connectivity index (χ0v) is 12.6. The largest absolute Gasteiger partial charge is 0.313 e. The van der Waals surface area contributed by atoms with Gasteiger partial charge < -0.3 is 4.98 Å². The van der Waals surface area contributed by atoms with Gasteiger partial charge in [0.25, 0.3) is 5.56 Å². The molecule has 1 N–H and O–H groups in total. The van der Waals surface area contributed by atoms with Crippen molar-refractivity contribution in [2.45, 2.75) is 25.3 Å². The van der Waals surface area contributed by atoms with Crippen molar-refractivity contribution in [3.8, 4) is 0 Å². The number of rotatable bonds is 3. The molecule has 1 aromatic carbocycles. The van der Waals surface area contributed by atoms with E-state index in [2.05, 4.69) is 31.2 Å². The van der Waals surface area contributed by atoms with Crippen molar-refractivity contribution in [1.82, 2.24) is 25.2 Å². The molecule has 7 heteroatoms. The molecule has 0 unspecified atom stereocenters. The lowest BCUT2D eigenvalue weighted by Crippen LogP contribution is -2.33. The fraction of sp³-hybridized carbons (Fsp3) is 0.375. The van der Waals surface area contributed by atoms with E-state index in [1.807, 2.05) is 12.1 Å². The molecular weight excluding hydrogens is 294 g/mol. The topological polar surface area (TPSA) is 87.9 Å². The molecule has 0 radical (unpaired) electrons. The van der Waals surface area contributed by atoms with Gasteiger partial charge in [0.05, 0.1) is 12.0 Å². The van der Waals surface area contributed by atoms with Crippen LogP contribution in [0.4, 0.5) is 0 Å². The second kappa shape index (κ2) is 5.92. The van der Waals surface area contributed by atoms with E-state index in [9.17, 15) is 4.79 Å². The van der Waals surface area contributed by atoms with E-state index in [0.29, 0.717) is 5.92 Å². The quantitative estimate of drug-likeness (QED) is 0.792. The van der Waals surface area contributed by atoms with Gasteiger partial charge in [0.1, 0.15) is 11.0 Å². The van der Waals surface area contributed by atoms with Crippen LogP contribution in [0.5, 0.6) is 0 Å². The third-order valence-corrected chi connectivity index (χ3v) is 4.47. The smallest absolute Gasteiger partial charge is 0.250 e. The van der Waals surface area contributed by atoms with Gasteiger partial charge in [-0.25, -0.2) is 9.61 Å². The summed E-state index contributed by atoms with van der Waals surface area (Å²) in [5, 5.41) is 7.88. The first-order valence-corrected chi connectivity index (χ1v) is 7.77. The lowest BCUT2D eigenvalue weighted by Gasteiger charge is -2.31. The Kier molecular flexibility index (Phi) is 3.63. The van der Waals surface area contributed by atoms with Crippen molar-refractivity contribution in [2.24, 2.45) is 0 Å². The molecule has 2 aromatic heterocycles. The summed E-state index contributed by atoms with van der Waals surface area (Å²) in [5.74, 6) is 0.359. The van der Waals surface area contributed by atoms with Crippen LogP contribution in [0.2, 0.25) is 0 Å². The van der Waals surface area contributed by atoms with Gasteiger partial charge in [0.15, 0.2) is 0 Å². The van der Waals surface area contributed by atoms with Crippen LogP contribution in [0.3, 0.4) is 0 Å². The van der Waals surface area contributed by atoms with Gasteiger partial charge >= 0.3 is 0 Å². The predicted molar refractivity (Wildman–Crippen MR) is 83.9 cm³/mol. The van der Waals surface area contributed by atoms with E-state index in [1.54, 1.807) is 6.07 Å². The molecule has 3 aromatic rings. The molecule has 0 saturated carbocycles. The van der Waals surface area contributed by atoms with E-state index < -0.39 is 0 Å². The first-order chi connectivity index (χ1) is 11.3. The fourth-order valence-corrected chi connectivity index (χ4v) is 3.22. The van der Waals surface area contributed by atoms with Crippen molar-refractivity contribution >= 4 is 11.0 Å². The fourth-order valence-electron chi connectivity index (χ4n) is 3.22. The van der Waals surface area contributed by atoms with Crippen LogP contribution in [-0.4, -0.2) is 38.3 Å². The number of hydrogen-bond donors (Lipinski definition) is 1. The average Bonchev–Trinajstić information content (AvgIpc) is 3.05. The molecule has 0 amide bonds. The number of hydrogen-bond acceptors (Lipinski definition) is 6. The zero-order chi connectivity index (χ0) is 15.6. The Bertz CT molecular complexity index is 864. The molecule has 0 atom stereocenters. The molecule has 23 heavy (non-hydrogen) atoms. The van der Waals surface area contributed by atoms with E-state index in [-0.39, 0.29) is 5.56 Å². The molecule has 0 spiro atoms. The minimum atomic E-state index is -0.0809. The highest BCUT2D eigenvalue weighted by Crippen LogP contribution is 2.27. The van der Waals surface area contributed by atoms with E-state index >= 15 is 0 Å². The highest BCUT2D eigenvalue weighted by molar-refractivity contribution is 5.76. The van der Waals surface area contributed by atoms with Crippen LogP contribution in [0, 0.1) is 0 Å². The number of aromatic amines is 1. The van der Waals surface area contributed by atoms with Crippen LogP contribution >= 0.6 is 0 Å². The summed E-state index contributed by atoms with van der Waals surface area (Å²) >= 11 is 0. The SMILES string of the molecule is O=c1cc(C2CCN(Cc3cccc4nonc34)CC2)nc[nH]1. The lowest BCUT2D eigenvalue weighted by molar-refractivity contribution is 0.203. The predicted octanol–water partition coefficient (Wildman–Crippen LogP) is 1.69. The van der Waals surface area contributed by atoms with Crippen molar-refractivity contribution in [2.75, 3.05) is 13.1 Å². The normalized spacial score (nSPS) is 16.9. The van der Waals surface area contributed by atoms with Crippen molar-refractivity contribution in [3.63, 3.8) is 0 Å². The highest BCUT2D eigenvalue weighted by atomic mass is 16.6. The van der Waals surface area contributed by atoms with Crippen LogP contribution in [0.15, 0.2) is 40.0 Å². The number of likely N-dealkylation sites (tertiary alicyclic amines) is 1. The lowest BCUT2D eigenvalue weighted by atomic mass is 9.93. The molecule has 0 aliphatic carbocycles. The Morgan fingerprint density at radius 3 is 2.96 bits per heavy atom. The first kappa shape index (κ1) is 14.1. The van der Waals surface area contributed by atoms with Gasteiger partial charge in [-0.15, -0.1) is 0 Å². The molecule has 118 valence electrons. The molecular formula is C16H17N5O2. The standard InChI is InChI=1S/C16H17N5O2/c22-15-8-14(17-10-18-15)11-4-6-21(7-5-11)9-12-2-1-3-13-16(12)20-23-19-13/h1-3,8,10-11H,4-7,9H2,(H,17,18,22). The number of fused-ring (bicyclic) bond motifs is 1. The maximum absolute atomic E-state index is 11.4. The summed E-state index contributed by atoms with van der Waals surface area (Å²) < 4.78 is 4.82. The van der Waals surface area contributed by atoms with Crippen LogP contribution in [0.1, 0.15) is 30.0 Å². The third-order valence-electron chi connectivity index (χ3n) is 4.47. The van der Waals surface area contributed by atoms with Gasteiger partial charge in [0.2, 0.25) is 0 Å². The maximum atomic E-state index is 11.4. The number of benzene rings is 1. The molecule has 1 aliphatic rings. The van der Waals surface area contributed by atoms with Gasteiger partial charge in [-0.2, -0.15) is 0 Å². The van der Waals surface area contributed by atoms with Crippen molar-refractivity contribution in [1.29, 1.82) is 0 Å². The van der Waals surface area contributed by atoms with Gasteiger partial charge in [0, 0.05) is 18.5 Å². The second-order valence-corrected chi connectivity index (χ2v) is 5.94. The van der Waals surface area contributed by atoms with Crippen LogP contribution in [-0.2, 0) is 6.54 Å². The Labute approximate surface area is 132 Å². The maximum Gasteiger partial charge on any atom is 0.250 e. The molecule has 1 fully saturated rings. The second-order valence-electron chi connectivity index (χ2n) is 5.94. The number of H-pyrrole nitrogens is 1. The molecule has 0 bridgehead atoms. The van der Waals surface area contributed by atoms with Crippen molar-refractivity contribution in [3.05, 3.63) is 52.2 Å². The number of piperidine rings is 1. The van der Waals surface area contributed by atoms with Gasteiger partial charge in [-0.1, -0.05) is 12.1 Å². The molecule has 1 aliphatic heterocycles. The monoisotopic (exact) mass is 311 g/mol. The van der Waals surface area contributed by atoms with Crippen molar-refractivity contribution < 1.29 is 4.63 Å². The van der Waals surface area contributed by atoms with E-state index in [4.69, 9.17) is 4.63 Å². The van der Waals surface area contributed by atoms with E-state index in [1.165, 1.54) is 6.33 Å². The number of nitrogens with one attached hydrogen (secondary N) is 1. The highest BCUT2D eigenvalue weighted by Gasteiger charge is 2.22. The van der Waals surface area contributed by atoms with E-state index in [0.717, 1.165) is 54.8 Å². The van der Waals surface area contributed by atoms with Gasteiger partial charge in [-0.3, -0.25) is 9.69 Å². The molecule has 3 heterocycles. The third kappa shape index (κ3) is 2.87. The Morgan fingerprint density at radius 1 is 1.26 bits per heavy atom. The van der Waals surface area contributed by atoms with Crippen LogP contribution in [0.25, 0.3) is 11.0 Å². The summed E-state index contributed by atoms with van der Waals surface area (Å²) in [6.07, 6.45) is 3.50. The average molecular weight is 311 g/mol. The molecule has 1 saturated heterocycles. The van der Waals surface area contributed by atoms with Gasteiger partial charge in [-0.05, 0) is 47.9 Å². The summed E-state index contributed by atoms with van der Waals surface area (Å²) in [6.45, 7) is 2.78. The summed E-state index contributed by atoms with van der Waals surface area (Å²) in [4.78, 5) is 20.7. The van der Waals surface area contributed by atoms with Crippen LogP contribution < -0.4 is 5.56 Å². The Hall–Kier alpha value is -2.54. The summed E-state index contributed by atoms with van der Waals surface area (Å²) in [5.41, 5.74) is 3.59. The Balaban J connectivity index is 1.44.